The van der Waals surface area contributed by atoms with Crippen LogP contribution in [0.5, 0.6) is 5.75 Å². The number of aromatic nitrogens is 4. The lowest BCUT2D eigenvalue weighted by molar-refractivity contribution is 0.304. The number of benzene rings is 3. The highest BCUT2D eigenvalue weighted by Gasteiger charge is 2.10. The molecule has 4 rings (SSSR count). The number of nitrogens with zero attached hydrogens (tertiary/aromatic N) is 5. The molecule has 0 aliphatic heterocycles. The van der Waals surface area contributed by atoms with Crippen molar-refractivity contribution in [2.24, 2.45) is 5.10 Å². The molecule has 3 aromatic carbocycles. The molecule has 0 amide bonds. The molecule has 0 atom stereocenters. The molecule has 170 valence electrons. The average molecular weight is 443 g/mol. The lowest BCUT2D eigenvalue weighted by atomic mass is 10.1. The second-order valence-corrected chi connectivity index (χ2v) is 7.97. The first kappa shape index (κ1) is 22.5. The maximum absolute atomic E-state index is 5.84. The number of tetrazole rings is 1. The van der Waals surface area contributed by atoms with E-state index in [9.17, 15) is 0 Å². The van der Waals surface area contributed by atoms with Crippen molar-refractivity contribution in [2.45, 2.75) is 45.4 Å². The molecule has 1 heterocycles. The Morgan fingerprint density at radius 2 is 1.70 bits per heavy atom. The second-order valence-electron chi connectivity index (χ2n) is 7.97. The number of fused-ring (bicyclic) bond motifs is 1. The molecule has 0 unspecified atom stereocenters. The van der Waals surface area contributed by atoms with E-state index in [1.54, 1.807) is 10.9 Å². The van der Waals surface area contributed by atoms with Gasteiger partial charge in [-0.3, -0.25) is 0 Å². The summed E-state index contributed by atoms with van der Waals surface area (Å²) >= 11 is 0. The summed E-state index contributed by atoms with van der Waals surface area (Å²) in [6.07, 6.45) is 9.30. The van der Waals surface area contributed by atoms with Crippen LogP contribution in [-0.2, 0) is 0 Å². The van der Waals surface area contributed by atoms with Crippen LogP contribution in [-0.4, -0.2) is 33.0 Å². The summed E-state index contributed by atoms with van der Waals surface area (Å²) in [6, 6.07) is 22.1. The van der Waals surface area contributed by atoms with Gasteiger partial charge in [-0.05, 0) is 58.1 Å². The maximum Gasteiger partial charge on any atom is 0.268 e. The SMILES string of the molecule is CCCCCCCCOc1ccc(C=NNc2nnnn2-c2cccc3ccccc23)cc1. The first-order valence-electron chi connectivity index (χ1n) is 11.6. The summed E-state index contributed by atoms with van der Waals surface area (Å²) in [4.78, 5) is 0. The summed E-state index contributed by atoms with van der Waals surface area (Å²) in [7, 11) is 0. The summed E-state index contributed by atoms with van der Waals surface area (Å²) in [5, 5.41) is 18.5. The van der Waals surface area contributed by atoms with Crippen molar-refractivity contribution in [1.29, 1.82) is 0 Å². The van der Waals surface area contributed by atoms with Crippen LogP contribution in [0.3, 0.4) is 0 Å². The molecule has 0 spiro atoms. The number of ether oxygens (including phenoxy) is 1. The van der Waals surface area contributed by atoms with E-state index in [2.05, 4.69) is 51.2 Å². The summed E-state index contributed by atoms with van der Waals surface area (Å²) in [5.41, 5.74) is 4.80. The van der Waals surface area contributed by atoms with Gasteiger partial charge in [-0.2, -0.15) is 9.78 Å². The van der Waals surface area contributed by atoms with Crippen molar-refractivity contribution in [3.05, 3.63) is 72.3 Å². The summed E-state index contributed by atoms with van der Waals surface area (Å²) in [6.45, 7) is 3.00. The normalized spacial score (nSPS) is 11.3. The molecule has 1 N–H and O–H groups in total. The van der Waals surface area contributed by atoms with E-state index in [1.807, 2.05) is 48.5 Å². The van der Waals surface area contributed by atoms with Gasteiger partial charge in [-0.25, -0.2) is 5.43 Å². The molecule has 0 bridgehead atoms. The fraction of sp³-hybridized carbons (Fsp3) is 0.308. The van der Waals surface area contributed by atoms with Gasteiger partial charge in [0.25, 0.3) is 5.95 Å². The van der Waals surface area contributed by atoms with Gasteiger partial charge in [0.15, 0.2) is 0 Å². The molecule has 7 nitrogen and oxygen atoms in total. The molecule has 0 saturated heterocycles. The predicted octanol–water partition coefficient (Wildman–Crippen LogP) is 6.00. The third-order valence-corrected chi connectivity index (χ3v) is 5.49. The summed E-state index contributed by atoms with van der Waals surface area (Å²) < 4.78 is 7.49. The van der Waals surface area contributed by atoms with Gasteiger partial charge in [0.05, 0.1) is 18.5 Å². The largest absolute Gasteiger partial charge is 0.494 e. The van der Waals surface area contributed by atoms with Crippen LogP contribution in [0.4, 0.5) is 5.95 Å². The van der Waals surface area contributed by atoms with E-state index in [0.29, 0.717) is 5.95 Å². The number of hydrogen-bond acceptors (Lipinski definition) is 6. The molecule has 33 heavy (non-hydrogen) atoms. The van der Waals surface area contributed by atoms with Crippen LogP contribution >= 0.6 is 0 Å². The number of unbranched alkanes of at least 4 members (excludes halogenated alkanes) is 5. The van der Waals surface area contributed by atoms with E-state index in [1.165, 1.54) is 32.1 Å². The van der Waals surface area contributed by atoms with E-state index in [-0.39, 0.29) is 0 Å². The van der Waals surface area contributed by atoms with Gasteiger partial charge in [0.1, 0.15) is 5.75 Å². The number of nitrogens with one attached hydrogen (secondary N) is 1. The van der Waals surface area contributed by atoms with Gasteiger partial charge < -0.3 is 4.74 Å². The van der Waals surface area contributed by atoms with Crippen molar-refractivity contribution in [2.75, 3.05) is 12.0 Å². The Labute approximate surface area is 194 Å². The third kappa shape index (κ3) is 6.16. The van der Waals surface area contributed by atoms with E-state index >= 15 is 0 Å². The van der Waals surface area contributed by atoms with E-state index in [0.717, 1.165) is 40.8 Å². The van der Waals surface area contributed by atoms with Crippen LogP contribution in [0, 0.1) is 0 Å². The Bertz CT molecular complexity index is 1160. The minimum Gasteiger partial charge on any atom is -0.494 e. The summed E-state index contributed by atoms with van der Waals surface area (Å²) in [5.74, 6) is 1.33. The standard InChI is InChI=1S/C26H30N6O/c1-2-3-4-5-6-9-19-33-23-17-15-21(16-18-23)20-27-28-26-29-30-31-32(26)25-14-10-12-22-11-7-8-13-24(22)25/h7-8,10-18,20H,2-6,9,19H2,1H3,(H,28,29,31). The van der Waals surface area contributed by atoms with Crippen molar-refractivity contribution < 1.29 is 4.74 Å². The highest BCUT2D eigenvalue weighted by Crippen LogP contribution is 2.23. The Morgan fingerprint density at radius 3 is 2.58 bits per heavy atom. The van der Waals surface area contributed by atoms with Gasteiger partial charge in [0, 0.05) is 5.39 Å². The highest BCUT2D eigenvalue weighted by atomic mass is 16.5. The van der Waals surface area contributed by atoms with Gasteiger partial charge in [-0.15, -0.1) is 0 Å². The molecule has 0 aliphatic carbocycles. The Morgan fingerprint density at radius 1 is 0.909 bits per heavy atom. The fourth-order valence-corrected chi connectivity index (χ4v) is 3.70. The molecule has 0 saturated carbocycles. The molecule has 0 radical (unpaired) electrons. The van der Waals surface area contributed by atoms with Crippen LogP contribution in [0.1, 0.15) is 51.0 Å². The van der Waals surface area contributed by atoms with Gasteiger partial charge >= 0.3 is 0 Å². The number of hydrazone groups is 1. The molecule has 4 aromatic rings. The Kier molecular flexibility index (Phi) is 8.00. The molecule has 7 heteroatoms. The fourth-order valence-electron chi connectivity index (χ4n) is 3.70. The molecule has 1 aromatic heterocycles. The van der Waals surface area contributed by atoms with Gasteiger partial charge in [-0.1, -0.05) is 80.5 Å². The monoisotopic (exact) mass is 442 g/mol. The van der Waals surface area contributed by atoms with Crippen molar-refractivity contribution in [3.8, 4) is 11.4 Å². The van der Waals surface area contributed by atoms with Crippen molar-refractivity contribution in [1.82, 2.24) is 20.2 Å². The van der Waals surface area contributed by atoms with Crippen LogP contribution < -0.4 is 10.2 Å². The van der Waals surface area contributed by atoms with Crippen molar-refractivity contribution in [3.63, 3.8) is 0 Å². The first-order chi connectivity index (χ1) is 16.3. The minimum atomic E-state index is 0.446. The van der Waals surface area contributed by atoms with E-state index in [4.69, 9.17) is 4.74 Å². The number of anilines is 1. The minimum absolute atomic E-state index is 0.446. The predicted molar refractivity (Wildman–Crippen MR) is 133 cm³/mol. The molecular weight excluding hydrogens is 412 g/mol. The highest BCUT2D eigenvalue weighted by molar-refractivity contribution is 5.90. The zero-order valence-corrected chi connectivity index (χ0v) is 19.0. The maximum atomic E-state index is 5.84. The van der Waals surface area contributed by atoms with Crippen LogP contribution in [0.2, 0.25) is 0 Å². The molecule has 0 aliphatic rings. The first-order valence-corrected chi connectivity index (χ1v) is 11.6. The number of rotatable bonds is 12. The topological polar surface area (TPSA) is 77.2 Å². The van der Waals surface area contributed by atoms with Gasteiger partial charge in [0.2, 0.25) is 0 Å². The van der Waals surface area contributed by atoms with Crippen LogP contribution in [0.15, 0.2) is 71.8 Å². The van der Waals surface area contributed by atoms with Crippen LogP contribution in [0.25, 0.3) is 16.5 Å². The lowest BCUT2D eigenvalue weighted by Gasteiger charge is -2.07. The van der Waals surface area contributed by atoms with Crippen molar-refractivity contribution >= 4 is 22.9 Å². The lowest BCUT2D eigenvalue weighted by Crippen LogP contribution is -2.04. The Hall–Kier alpha value is -3.74. The zero-order valence-electron chi connectivity index (χ0n) is 19.0. The zero-order chi connectivity index (χ0) is 22.7. The molecule has 0 fully saturated rings. The average Bonchev–Trinajstić information content (AvgIpc) is 3.32. The Balaban J connectivity index is 1.31. The molecular formula is C26H30N6O. The third-order valence-electron chi connectivity index (χ3n) is 5.49. The number of hydrogen-bond donors (Lipinski definition) is 1. The second kappa shape index (κ2) is 11.8. The smallest absolute Gasteiger partial charge is 0.268 e. The quantitative estimate of drug-likeness (QED) is 0.165. The van der Waals surface area contributed by atoms with E-state index < -0.39 is 0 Å².